The molecule has 0 bridgehead atoms. The predicted octanol–water partition coefficient (Wildman–Crippen LogP) is 1.75. The highest BCUT2D eigenvalue weighted by atomic mass is 16.2. The van der Waals surface area contributed by atoms with Crippen molar-refractivity contribution in [3.63, 3.8) is 0 Å². The Labute approximate surface area is 137 Å². The molecule has 0 unspecified atom stereocenters. The molecule has 1 aliphatic carbocycles. The minimum Gasteiger partial charge on any atom is -0.361 e. The Bertz CT molecular complexity index is 908. The van der Waals surface area contributed by atoms with Gasteiger partial charge in [-0.05, 0) is 31.0 Å². The monoisotopic (exact) mass is 324 g/mol. The third kappa shape index (κ3) is 2.98. The van der Waals surface area contributed by atoms with Crippen LogP contribution in [0.3, 0.4) is 0 Å². The van der Waals surface area contributed by atoms with Crippen LogP contribution >= 0.6 is 0 Å². The zero-order valence-electron chi connectivity index (χ0n) is 12.8. The van der Waals surface area contributed by atoms with Gasteiger partial charge in [0.1, 0.15) is 6.54 Å². The molecule has 2 aromatic heterocycles. The standard InChI is InChI=1S/C16H16N6O2/c23-15(18-13-3-1-2-12-11(13)6-7-17-12)9-22-8-14(20-21-22)19-16(24)10-4-5-10/h1-3,6-8,10,17H,4-5,9H2,(H,18,23)(H,19,24). The van der Waals surface area contributed by atoms with Crippen molar-refractivity contribution in [1.29, 1.82) is 0 Å². The van der Waals surface area contributed by atoms with Crippen molar-refractivity contribution < 1.29 is 9.59 Å². The number of aromatic nitrogens is 4. The minimum absolute atomic E-state index is 0.0209. The predicted molar refractivity (Wildman–Crippen MR) is 88.3 cm³/mol. The second kappa shape index (κ2) is 5.80. The largest absolute Gasteiger partial charge is 0.361 e. The highest BCUT2D eigenvalue weighted by Crippen LogP contribution is 2.29. The number of carbonyl (C=O) groups excluding carboxylic acids is 2. The smallest absolute Gasteiger partial charge is 0.246 e. The minimum atomic E-state index is -0.214. The summed E-state index contributed by atoms with van der Waals surface area (Å²) in [5, 5.41) is 14.2. The van der Waals surface area contributed by atoms with Crippen LogP contribution in [0.15, 0.2) is 36.7 Å². The zero-order chi connectivity index (χ0) is 16.5. The number of nitrogens with one attached hydrogen (secondary N) is 3. The van der Waals surface area contributed by atoms with Crippen LogP contribution in [0, 0.1) is 5.92 Å². The van der Waals surface area contributed by atoms with Crippen LogP contribution in [0.25, 0.3) is 10.9 Å². The molecule has 1 saturated carbocycles. The third-order valence-corrected chi connectivity index (χ3v) is 3.91. The molecule has 0 atom stereocenters. The molecular weight excluding hydrogens is 308 g/mol. The van der Waals surface area contributed by atoms with Gasteiger partial charge in [-0.15, -0.1) is 5.10 Å². The van der Waals surface area contributed by atoms with E-state index in [4.69, 9.17) is 0 Å². The molecule has 1 aliphatic rings. The van der Waals surface area contributed by atoms with Crippen molar-refractivity contribution in [2.24, 2.45) is 5.92 Å². The number of rotatable bonds is 5. The molecule has 3 aromatic rings. The van der Waals surface area contributed by atoms with Gasteiger partial charge in [0.05, 0.1) is 11.9 Å². The summed E-state index contributed by atoms with van der Waals surface area (Å²) in [6, 6.07) is 7.56. The van der Waals surface area contributed by atoms with Gasteiger partial charge in [-0.3, -0.25) is 9.59 Å². The number of amides is 2. The van der Waals surface area contributed by atoms with E-state index in [0.29, 0.717) is 5.82 Å². The fourth-order valence-corrected chi connectivity index (χ4v) is 2.54. The van der Waals surface area contributed by atoms with Crippen LogP contribution in [0.2, 0.25) is 0 Å². The lowest BCUT2D eigenvalue weighted by molar-refractivity contribution is -0.117. The molecule has 1 aromatic carbocycles. The van der Waals surface area contributed by atoms with Gasteiger partial charge >= 0.3 is 0 Å². The summed E-state index contributed by atoms with van der Waals surface area (Å²) < 4.78 is 1.40. The summed E-state index contributed by atoms with van der Waals surface area (Å²) in [5.41, 5.74) is 1.69. The van der Waals surface area contributed by atoms with Gasteiger partial charge in [-0.25, -0.2) is 4.68 Å². The molecule has 2 amide bonds. The van der Waals surface area contributed by atoms with Gasteiger partial charge in [-0.2, -0.15) is 0 Å². The lowest BCUT2D eigenvalue weighted by atomic mass is 10.2. The fraction of sp³-hybridized carbons (Fsp3) is 0.250. The van der Waals surface area contributed by atoms with Gasteiger partial charge in [0.25, 0.3) is 0 Å². The Morgan fingerprint density at radius 1 is 1.25 bits per heavy atom. The Morgan fingerprint density at radius 2 is 2.12 bits per heavy atom. The van der Waals surface area contributed by atoms with E-state index in [1.54, 1.807) is 6.20 Å². The molecule has 0 aliphatic heterocycles. The topological polar surface area (TPSA) is 105 Å². The van der Waals surface area contributed by atoms with Crippen LogP contribution in [-0.2, 0) is 16.1 Å². The van der Waals surface area contributed by atoms with E-state index >= 15 is 0 Å². The second-order valence-electron chi connectivity index (χ2n) is 5.86. The molecule has 0 spiro atoms. The van der Waals surface area contributed by atoms with Crippen molar-refractivity contribution in [1.82, 2.24) is 20.0 Å². The van der Waals surface area contributed by atoms with Crippen LogP contribution < -0.4 is 10.6 Å². The van der Waals surface area contributed by atoms with E-state index in [1.165, 1.54) is 4.68 Å². The number of hydrogen-bond donors (Lipinski definition) is 3. The Morgan fingerprint density at radius 3 is 2.96 bits per heavy atom. The number of aromatic amines is 1. The molecule has 2 heterocycles. The number of carbonyl (C=O) groups is 2. The van der Waals surface area contributed by atoms with E-state index in [9.17, 15) is 9.59 Å². The maximum atomic E-state index is 12.2. The number of hydrogen-bond acceptors (Lipinski definition) is 4. The van der Waals surface area contributed by atoms with Gasteiger partial charge in [0, 0.05) is 23.0 Å². The lowest BCUT2D eigenvalue weighted by Gasteiger charge is -2.06. The van der Waals surface area contributed by atoms with Crippen molar-refractivity contribution in [2.45, 2.75) is 19.4 Å². The first-order valence-electron chi connectivity index (χ1n) is 7.76. The number of fused-ring (bicyclic) bond motifs is 1. The molecule has 0 radical (unpaired) electrons. The molecule has 1 fully saturated rings. The third-order valence-electron chi connectivity index (χ3n) is 3.91. The molecule has 122 valence electrons. The summed E-state index contributed by atoms with van der Waals surface area (Å²) in [6.07, 6.45) is 5.23. The van der Waals surface area contributed by atoms with E-state index in [2.05, 4.69) is 25.9 Å². The first kappa shape index (κ1) is 14.4. The lowest BCUT2D eigenvalue weighted by Crippen LogP contribution is -2.19. The summed E-state index contributed by atoms with van der Waals surface area (Å²) in [6.45, 7) is 0.0209. The summed E-state index contributed by atoms with van der Waals surface area (Å²) >= 11 is 0. The first-order chi connectivity index (χ1) is 11.7. The fourth-order valence-electron chi connectivity index (χ4n) is 2.54. The van der Waals surface area contributed by atoms with Gasteiger partial charge in [-0.1, -0.05) is 11.3 Å². The SMILES string of the molecule is O=C(Cn1cc(NC(=O)C2CC2)nn1)Nc1cccc2[nH]ccc12. The van der Waals surface area contributed by atoms with Crippen LogP contribution in [0.1, 0.15) is 12.8 Å². The summed E-state index contributed by atoms with van der Waals surface area (Å²) in [5.74, 6) is 0.215. The average Bonchev–Trinajstić information content (AvgIpc) is 3.15. The molecule has 0 saturated heterocycles. The highest BCUT2D eigenvalue weighted by Gasteiger charge is 2.30. The van der Waals surface area contributed by atoms with E-state index in [0.717, 1.165) is 29.4 Å². The summed E-state index contributed by atoms with van der Waals surface area (Å²) in [4.78, 5) is 27.0. The normalized spacial score (nSPS) is 13.8. The van der Waals surface area contributed by atoms with E-state index in [-0.39, 0.29) is 24.3 Å². The van der Waals surface area contributed by atoms with Gasteiger partial charge < -0.3 is 15.6 Å². The Kier molecular flexibility index (Phi) is 3.49. The Hall–Kier alpha value is -3.16. The highest BCUT2D eigenvalue weighted by molar-refractivity contribution is 6.01. The molecule has 8 nitrogen and oxygen atoms in total. The van der Waals surface area contributed by atoms with Crippen molar-refractivity contribution in [3.8, 4) is 0 Å². The van der Waals surface area contributed by atoms with E-state index in [1.807, 2.05) is 30.5 Å². The molecular formula is C16H16N6O2. The number of anilines is 2. The average molecular weight is 324 g/mol. The van der Waals surface area contributed by atoms with E-state index < -0.39 is 0 Å². The zero-order valence-corrected chi connectivity index (χ0v) is 12.8. The van der Waals surface area contributed by atoms with Crippen LogP contribution in [0.5, 0.6) is 0 Å². The van der Waals surface area contributed by atoms with Crippen LogP contribution in [0.4, 0.5) is 11.5 Å². The maximum absolute atomic E-state index is 12.2. The summed E-state index contributed by atoms with van der Waals surface area (Å²) in [7, 11) is 0. The van der Waals surface area contributed by atoms with Crippen molar-refractivity contribution >= 4 is 34.2 Å². The number of nitrogens with zero attached hydrogens (tertiary/aromatic N) is 3. The molecule has 24 heavy (non-hydrogen) atoms. The Balaban J connectivity index is 1.40. The molecule has 4 rings (SSSR count). The van der Waals surface area contributed by atoms with Crippen LogP contribution in [-0.4, -0.2) is 31.8 Å². The van der Waals surface area contributed by atoms with Crippen molar-refractivity contribution in [3.05, 3.63) is 36.7 Å². The maximum Gasteiger partial charge on any atom is 0.246 e. The number of H-pyrrole nitrogens is 1. The molecule has 8 heteroatoms. The van der Waals surface area contributed by atoms with Gasteiger partial charge in [0.15, 0.2) is 5.82 Å². The number of benzene rings is 1. The van der Waals surface area contributed by atoms with Crippen molar-refractivity contribution in [2.75, 3.05) is 10.6 Å². The second-order valence-corrected chi connectivity index (χ2v) is 5.86. The molecule has 3 N–H and O–H groups in total. The van der Waals surface area contributed by atoms with Gasteiger partial charge in [0.2, 0.25) is 11.8 Å². The first-order valence-corrected chi connectivity index (χ1v) is 7.76. The quantitative estimate of drug-likeness (QED) is 0.665.